The quantitative estimate of drug-likeness (QED) is 0.661. The molecule has 0 bridgehead atoms. The third kappa shape index (κ3) is 1.76. The maximum atomic E-state index is 13.6. The highest BCUT2D eigenvalue weighted by atomic mass is 19.1. The Labute approximate surface area is 101 Å². The number of benzene rings is 2. The van der Waals surface area contributed by atoms with E-state index in [2.05, 4.69) is 4.98 Å². The summed E-state index contributed by atoms with van der Waals surface area (Å²) in [6.45, 7) is 0. The maximum absolute atomic E-state index is 13.6. The van der Waals surface area contributed by atoms with Crippen molar-refractivity contribution in [2.75, 3.05) is 0 Å². The minimum absolute atomic E-state index is 0.257. The van der Waals surface area contributed by atoms with Crippen LogP contribution in [0.25, 0.3) is 22.2 Å². The van der Waals surface area contributed by atoms with Crippen LogP contribution >= 0.6 is 0 Å². The van der Waals surface area contributed by atoms with Gasteiger partial charge in [-0.25, -0.2) is 13.2 Å². The first kappa shape index (κ1) is 10.9. The van der Waals surface area contributed by atoms with E-state index >= 15 is 0 Å². The average Bonchev–Trinajstić information content (AvgIpc) is 2.71. The van der Waals surface area contributed by atoms with Crippen LogP contribution in [0.4, 0.5) is 13.2 Å². The van der Waals surface area contributed by atoms with Gasteiger partial charge in [0.25, 0.3) is 0 Å². The normalized spacial score (nSPS) is 11.1. The number of fused-ring (bicyclic) bond motifs is 1. The van der Waals surface area contributed by atoms with Crippen LogP contribution in [0.1, 0.15) is 0 Å². The molecular weight excluding hydrogens is 239 g/mol. The molecule has 1 N–H and O–H groups in total. The van der Waals surface area contributed by atoms with Crippen molar-refractivity contribution in [3.8, 4) is 11.3 Å². The number of rotatable bonds is 1. The summed E-state index contributed by atoms with van der Waals surface area (Å²) in [7, 11) is 0. The first-order valence-corrected chi connectivity index (χ1v) is 5.37. The Morgan fingerprint density at radius 2 is 1.50 bits per heavy atom. The van der Waals surface area contributed by atoms with E-state index in [1.165, 1.54) is 24.3 Å². The summed E-state index contributed by atoms with van der Waals surface area (Å²) in [6, 6.07) is 9.25. The second-order valence-electron chi connectivity index (χ2n) is 4.04. The molecule has 3 rings (SSSR count). The molecule has 0 saturated carbocycles. The number of halogens is 3. The van der Waals surface area contributed by atoms with Crippen molar-refractivity contribution in [2.24, 2.45) is 0 Å². The molecule has 0 atom stereocenters. The lowest BCUT2D eigenvalue weighted by molar-refractivity contribution is 0.585. The molecule has 0 amide bonds. The molecule has 0 unspecified atom stereocenters. The van der Waals surface area contributed by atoms with Crippen LogP contribution in [0.3, 0.4) is 0 Å². The van der Waals surface area contributed by atoms with Crippen LogP contribution in [-0.4, -0.2) is 4.98 Å². The molecule has 4 heteroatoms. The Morgan fingerprint density at radius 3 is 2.28 bits per heavy atom. The number of hydrogen-bond donors (Lipinski definition) is 1. The summed E-state index contributed by atoms with van der Waals surface area (Å²) in [4.78, 5) is 2.97. The molecule has 0 aliphatic heterocycles. The second kappa shape index (κ2) is 3.91. The van der Waals surface area contributed by atoms with E-state index in [-0.39, 0.29) is 11.4 Å². The topological polar surface area (TPSA) is 15.8 Å². The Kier molecular flexibility index (Phi) is 2.37. The minimum atomic E-state index is -0.651. The van der Waals surface area contributed by atoms with Crippen LogP contribution in [0.2, 0.25) is 0 Å². The van der Waals surface area contributed by atoms with E-state index in [4.69, 9.17) is 0 Å². The Hall–Kier alpha value is -2.23. The van der Waals surface area contributed by atoms with Gasteiger partial charge in [0.05, 0.1) is 0 Å². The van der Waals surface area contributed by atoms with Gasteiger partial charge in [0.1, 0.15) is 17.5 Å². The molecule has 0 fully saturated rings. The van der Waals surface area contributed by atoms with Gasteiger partial charge in [-0.3, -0.25) is 0 Å². The lowest BCUT2D eigenvalue weighted by atomic mass is 10.1. The van der Waals surface area contributed by atoms with Gasteiger partial charge in [-0.1, -0.05) is 0 Å². The van der Waals surface area contributed by atoms with Crippen molar-refractivity contribution >= 4 is 10.9 Å². The van der Waals surface area contributed by atoms with Crippen molar-refractivity contribution in [3.63, 3.8) is 0 Å². The molecule has 1 nitrogen and oxygen atoms in total. The molecule has 1 aromatic heterocycles. The van der Waals surface area contributed by atoms with Gasteiger partial charge in [-0.2, -0.15) is 0 Å². The summed E-state index contributed by atoms with van der Waals surface area (Å²) >= 11 is 0. The van der Waals surface area contributed by atoms with E-state index < -0.39 is 11.6 Å². The average molecular weight is 247 g/mol. The van der Waals surface area contributed by atoms with Crippen molar-refractivity contribution in [2.45, 2.75) is 0 Å². The predicted octanol–water partition coefficient (Wildman–Crippen LogP) is 4.25. The number of aromatic amines is 1. The largest absolute Gasteiger partial charge is 0.354 e. The monoisotopic (exact) mass is 247 g/mol. The number of aromatic nitrogens is 1. The molecule has 3 aromatic rings. The molecule has 2 aromatic carbocycles. The Morgan fingerprint density at radius 1 is 0.778 bits per heavy atom. The van der Waals surface area contributed by atoms with Crippen LogP contribution in [-0.2, 0) is 0 Å². The molecule has 18 heavy (non-hydrogen) atoms. The van der Waals surface area contributed by atoms with Gasteiger partial charge >= 0.3 is 0 Å². The first-order chi connectivity index (χ1) is 8.63. The van der Waals surface area contributed by atoms with Gasteiger partial charge in [-0.05, 0) is 36.4 Å². The highest BCUT2D eigenvalue weighted by Crippen LogP contribution is 2.27. The predicted molar refractivity (Wildman–Crippen MR) is 63.6 cm³/mol. The fraction of sp³-hybridized carbons (Fsp3) is 0. The molecule has 0 aliphatic rings. The summed E-state index contributed by atoms with van der Waals surface area (Å²) in [5.41, 5.74) is 1.45. The van der Waals surface area contributed by atoms with Gasteiger partial charge in [0, 0.05) is 28.2 Å². The van der Waals surface area contributed by atoms with Gasteiger partial charge in [-0.15, -0.1) is 0 Å². The minimum Gasteiger partial charge on any atom is -0.354 e. The summed E-state index contributed by atoms with van der Waals surface area (Å²) in [6.07, 6.45) is 0. The number of H-pyrrole nitrogens is 1. The van der Waals surface area contributed by atoms with Gasteiger partial charge < -0.3 is 4.98 Å². The van der Waals surface area contributed by atoms with Crippen molar-refractivity contribution in [3.05, 3.63) is 59.9 Å². The fourth-order valence-electron chi connectivity index (χ4n) is 1.96. The SMILES string of the molecule is Fc1ccc(-c2cc3cc(F)ccc3[nH]2)c(F)c1. The Balaban J connectivity index is 2.19. The van der Waals surface area contributed by atoms with E-state index in [9.17, 15) is 13.2 Å². The lowest BCUT2D eigenvalue weighted by Gasteiger charge is -1.99. The number of hydrogen-bond acceptors (Lipinski definition) is 0. The molecule has 1 heterocycles. The zero-order valence-corrected chi connectivity index (χ0v) is 9.18. The third-order valence-electron chi connectivity index (χ3n) is 2.80. The zero-order chi connectivity index (χ0) is 12.7. The standard InChI is InChI=1S/C14H8F3N/c15-9-2-4-13-8(5-9)6-14(18-13)11-3-1-10(16)7-12(11)17/h1-7,18H. The van der Waals surface area contributed by atoms with E-state index in [0.717, 1.165) is 6.07 Å². The molecule has 90 valence electrons. The molecule has 0 aliphatic carbocycles. The summed E-state index contributed by atoms with van der Waals surface area (Å²) in [5, 5.41) is 0.647. The molecule has 0 spiro atoms. The van der Waals surface area contributed by atoms with E-state index in [1.54, 1.807) is 12.1 Å². The molecule has 0 radical (unpaired) electrons. The van der Waals surface area contributed by atoms with Crippen LogP contribution in [0.5, 0.6) is 0 Å². The number of nitrogens with one attached hydrogen (secondary N) is 1. The van der Waals surface area contributed by atoms with E-state index in [1.807, 2.05) is 0 Å². The van der Waals surface area contributed by atoms with Gasteiger partial charge in [0.15, 0.2) is 0 Å². The maximum Gasteiger partial charge on any atom is 0.135 e. The summed E-state index contributed by atoms with van der Waals surface area (Å²) in [5.74, 6) is -1.63. The van der Waals surface area contributed by atoms with Crippen LogP contribution < -0.4 is 0 Å². The van der Waals surface area contributed by atoms with Crippen LogP contribution in [0.15, 0.2) is 42.5 Å². The fourth-order valence-corrected chi connectivity index (χ4v) is 1.96. The summed E-state index contributed by atoms with van der Waals surface area (Å²) < 4.78 is 39.5. The second-order valence-corrected chi connectivity index (χ2v) is 4.04. The Bertz CT molecular complexity index is 731. The van der Waals surface area contributed by atoms with Crippen molar-refractivity contribution in [1.82, 2.24) is 4.98 Å². The van der Waals surface area contributed by atoms with Crippen molar-refractivity contribution in [1.29, 1.82) is 0 Å². The highest BCUT2D eigenvalue weighted by molar-refractivity contribution is 5.85. The van der Waals surface area contributed by atoms with E-state index in [0.29, 0.717) is 16.6 Å². The van der Waals surface area contributed by atoms with Gasteiger partial charge in [0.2, 0.25) is 0 Å². The lowest BCUT2D eigenvalue weighted by Crippen LogP contribution is -1.85. The highest BCUT2D eigenvalue weighted by Gasteiger charge is 2.09. The molecule has 0 saturated heterocycles. The van der Waals surface area contributed by atoms with Crippen molar-refractivity contribution < 1.29 is 13.2 Å². The third-order valence-corrected chi connectivity index (χ3v) is 2.80. The van der Waals surface area contributed by atoms with Crippen LogP contribution in [0, 0.1) is 17.5 Å². The smallest absolute Gasteiger partial charge is 0.135 e. The molecular formula is C14H8F3N. The first-order valence-electron chi connectivity index (χ1n) is 5.37. The zero-order valence-electron chi connectivity index (χ0n) is 9.18.